The number of likely N-dealkylation sites (tertiary alicyclic amines) is 1. The van der Waals surface area contributed by atoms with Crippen LogP contribution in [0.5, 0.6) is 0 Å². The second-order valence-electron chi connectivity index (χ2n) is 8.09. The van der Waals surface area contributed by atoms with Gasteiger partial charge in [0.25, 0.3) is 0 Å². The summed E-state index contributed by atoms with van der Waals surface area (Å²) in [5.41, 5.74) is 1.06. The molecule has 158 valence electrons. The minimum absolute atomic E-state index is 0.00371. The Bertz CT molecular complexity index is 938. The largest absolute Gasteiger partial charge is 0.342 e. The zero-order chi connectivity index (χ0) is 21.3. The number of benzene rings is 2. The maximum atomic E-state index is 14.0. The van der Waals surface area contributed by atoms with Gasteiger partial charge in [-0.1, -0.05) is 17.7 Å². The van der Waals surface area contributed by atoms with Gasteiger partial charge in [0.1, 0.15) is 5.82 Å². The number of thioether (sulfide) groups is 1. The van der Waals surface area contributed by atoms with Crippen molar-refractivity contribution >= 4 is 40.9 Å². The van der Waals surface area contributed by atoms with Crippen molar-refractivity contribution < 1.29 is 14.0 Å². The first kappa shape index (κ1) is 21.2. The van der Waals surface area contributed by atoms with Crippen molar-refractivity contribution in [2.75, 3.05) is 24.7 Å². The number of anilines is 1. The molecule has 0 bridgehead atoms. The number of rotatable bonds is 5. The molecule has 2 amide bonds. The zero-order valence-electron chi connectivity index (χ0n) is 16.8. The van der Waals surface area contributed by atoms with Crippen LogP contribution in [0.15, 0.2) is 47.4 Å². The molecule has 1 unspecified atom stereocenters. The van der Waals surface area contributed by atoms with Gasteiger partial charge in [0.05, 0.1) is 6.42 Å². The van der Waals surface area contributed by atoms with Crippen LogP contribution in [0.1, 0.15) is 24.8 Å². The molecule has 30 heavy (non-hydrogen) atoms. The zero-order valence-corrected chi connectivity index (χ0v) is 18.4. The number of hydrogen-bond donors (Lipinski definition) is 1. The first-order chi connectivity index (χ1) is 14.4. The summed E-state index contributed by atoms with van der Waals surface area (Å²) >= 11 is 7.71. The first-order valence-electron chi connectivity index (χ1n) is 10.1. The third kappa shape index (κ3) is 4.35. The number of carbonyl (C=O) groups excluding carboxylic acids is 2. The molecule has 1 aliphatic heterocycles. The highest BCUT2D eigenvalue weighted by molar-refractivity contribution is 7.98. The fourth-order valence-corrected chi connectivity index (χ4v) is 4.98. The molecular formula is C23H24ClFN2O2S. The molecule has 1 spiro atoms. The van der Waals surface area contributed by atoms with Crippen LogP contribution in [0, 0.1) is 17.2 Å². The molecule has 1 heterocycles. The minimum atomic E-state index is -0.450. The highest BCUT2D eigenvalue weighted by Gasteiger charge is 2.58. The van der Waals surface area contributed by atoms with Crippen LogP contribution >= 0.6 is 23.4 Å². The van der Waals surface area contributed by atoms with Crippen LogP contribution in [0.3, 0.4) is 0 Å². The summed E-state index contributed by atoms with van der Waals surface area (Å²) in [7, 11) is 0. The van der Waals surface area contributed by atoms with E-state index in [1.54, 1.807) is 22.7 Å². The van der Waals surface area contributed by atoms with Gasteiger partial charge in [-0.05, 0) is 67.3 Å². The van der Waals surface area contributed by atoms with Crippen LogP contribution in [0.2, 0.25) is 5.02 Å². The van der Waals surface area contributed by atoms with Gasteiger partial charge in [0.15, 0.2) is 0 Å². The minimum Gasteiger partial charge on any atom is -0.342 e. The van der Waals surface area contributed by atoms with E-state index in [1.807, 2.05) is 30.5 Å². The smallest absolute Gasteiger partial charge is 0.228 e. The molecule has 1 saturated carbocycles. The van der Waals surface area contributed by atoms with Gasteiger partial charge >= 0.3 is 0 Å². The van der Waals surface area contributed by atoms with Crippen LogP contribution in [0.25, 0.3) is 0 Å². The van der Waals surface area contributed by atoms with Crippen molar-refractivity contribution in [3.8, 4) is 0 Å². The quantitative estimate of drug-likeness (QED) is 0.657. The lowest BCUT2D eigenvalue weighted by Gasteiger charge is -2.33. The molecule has 7 heteroatoms. The Labute approximate surface area is 185 Å². The van der Waals surface area contributed by atoms with E-state index in [0.29, 0.717) is 13.1 Å². The van der Waals surface area contributed by atoms with E-state index >= 15 is 0 Å². The number of nitrogens with zero attached hydrogens (tertiary/aromatic N) is 1. The fraction of sp³-hybridized carbons (Fsp3) is 0.391. The maximum Gasteiger partial charge on any atom is 0.228 e. The van der Waals surface area contributed by atoms with E-state index in [1.165, 1.54) is 12.1 Å². The monoisotopic (exact) mass is 446 g/mol. The van der Waals surface area contributed by atoms with E-state index < -0.39 is 5.82 Å². The van der Waals surface area contributed by atoms with Gasteiger partial charge < -0.3 is 10.2 Å². The fourth-order valence-electron chi connectivity index (χ4n) is 4.34. The lowest BCUT2D eigenvalue weighted by Crippen LogP contribution is -2.41. The van der Waals surface area contributed by atoms with Crippen molar-refractivity contribution in [1.29, 1.82) is 0 Å². The van der Waals surface area contributed by atoms with Gasteiger partial charge in [0.2, 0.25) is 11.8 Å². The van der Waals surface area contributed by atoms with Crippen molar-refractivity contribution in [3.63, 3.8) is 0 Å². The Balaban J connectivity index is 1.30. The van der Waals surface area contributed by atoms with Gasteiger partial charge in [-0.15, -0.1) is 11.8 Å². The molecule has 1 aliphatic carbocycles. The molecule has 0 radical (unpaired) electrons. The van der Waals surface area contributed by atoms with Crippen LogP contribution in [0.4, 0.5) is 10.1 Å². The standard InChI is InChI=1S/C23H24ClFN2O2S/c1-30-16-7-5-15(6-8-16)26-22(29)18-14-23(18)9-11-27(12-10-23)21(28)13-17-19(24)3-2-4-20(17)25/h2-8,18H,9-14H2,1H3,(H,26,29). The van der Waals surface area contributed by atoms with E-state index in [4.69, 9.17) is 11.6 Å². The Morgan fingerprint density at radius 2 is 1.90 bits per heavy atom. The van der Waals surface area contributed by atoms with Crippen LogP contribution in [-0.4, -0.2) is 36.1 Å². The second kappa shape index (κ2) is 8.60. The number of hydrogen-bond acceptors (Lipinski definition) is 3. The van der Waals surface area contributed by atoms with Crippen molar-refractivity contribution in [1.82, 2.24) is 4.90 Å². The summed E-state index contributed by atoms with van der Waals surface area (Å²) in [5, 5.41) is 3.30. The van der Waals surface area contributed by atoms with Gasteiger partial charge in [-0.2, -0.15) is 0 Å². The molecule has 2 fully saturated rings. The molecular weight excluding hydrogens is 423 g/mol. The van der Waals surface area contributed by atoms with E-state index in [0.717, 1.165) is 29.8 Å². The lowest BCUT2D eigenvalue weighted by molar-refractivity contribution is -0.132. The Kier molecular flexibility index (Phi) is 6.07. The molecule has 1 atom stereocenters. The molecule has 1 N–H and O–H groups in total. The summed E-state index contributed by atoms with van der Waals surface area (Å²) < 4.78 is 14.0. The lowest BCUT2D eigenvalue weighted by atomic mass is 9.90. The molecule has 1 saturated heterocycles. The molecule has 2 aromatic carbocycles. The molecule has 4 nitrogen and oxygen atoms in total. The highest BCUT2D eigenvalue weighted by Crippen LogP contribution is 2.59. The average Bonchev–Trinajstić information content (AvgIpc) is 3.45. The Hall–Kier alpha value is -2.05. The normalized spacial score (nSPS) is 19.6. The van der Waals surface area contributed by atoms with E-state index in [9.17, 15) is 14.0 Å². The Morgan fingerprint density at radius 1 is 1.20 bits per heavy atom. The van der Waals surface area contributed by atoms with Crippen LogP contribution in [-0.2, 0) is 16.0 Å². The van der Waals surface area contributed by atoms with E-state index in [2.05, 4.69) is 5.32 Å². The van der Waals surface area contributed by atoms with Gasteiger partial charge in [-0.25, -0.2) is 4.39 Å². The third-order valence-corrected chi connectivity index (χ3v) is 7.46. The van der Waals surface area contributed by atoms with Gasteiger partial charge in [0, 0.05) is 40.2 Å². The molecule has 2 aliphatic rings. The molecule has 0 aromatic heterocycles. The van der Waals surface area contributed by atoms with Crippen LogP contribution < -0.4 is 5.32 Å². The highest BCUT2D eigenvalue weighted by atomic mass is 35.5. The summed E-state index contributed by atoms with van der Waals surface area (Å²) in [6.45, 7) is 1.19. The number of halogens is 2. The number of amides is 2. The summed E-state index contributed by atoms with van der Waals surface area (Å²) in [5.74, 6) is -0.512. The Morgan fingerprint density at radius 3 is 2.53 bits per heavy atom. The molecule has 2 aromatic rings. The predicted molar refractivity (Wildman–Crippen MR) is 118 cm³/mol. The molecule has 4 rings (SSSR count). The third-order valence-electron chi connectivity index (χ3n) is 6.37. The summed E-state index contributed by atoms with van der Waals surface area (Å²) in [6.07, 6.45) is 4.45. The van der Waals surface area contributed by atoms with E-state index in [-0.39, 0.29) is 40.2 Å². The summed E-state index contributed by atoms with van der Waals surface area (Å²) in [6, 6.07) is 12.3. The first-order valence-corrected chi connectivity index (χ1v) is 11.7. The topological polar surface area (TPSA) is 49.4 Å². The number of nitrogens with one attached hydrogen (secondary N) is 1. The second-order valence-corrected chi connectivity index (χ2v) is 9.38. The van der Waals surface area contributed by atoms with Gasteiger partial charge in [-0.3, -0.25) is 9.59 Å². The average molecular weight is 447 g/mol. The summed E-state index contributed by atoms with van der Waals surface area (Å²) in [4.78, 5) is 28.2. The van der Waals surface area contributed by atoms with Crippen molar-refractivity contribution in [3.05, 3.63) is 58.9 Å². The maximum absolute atomic E-state index is 14.0. The van der Waals surface area contributed by atoms with Crippen molar-refractivity contribution in [2.45, 2.75) is 30.6 Å². The number of piperidine rings is 1. The SMILES string of the molecule is CSc1ccc(NC(=O)C2CC23CCN(C(=O)Cc2c(F)cccc2Cl)CC3)cc1. The van der Waals surface area contributed by atoms with Crippen molar-refractivity contribution in [2.24, 2.45) is 11.3 Å². The predicted octanol–water partition coefficient (Wildman–Crippen LogP) is 5.01. The number of carbonyl (C=O) groups is 2.